The van der Waals surface area contributed by atoms with Gasteiger partial charge >= 0.3 is 0 Å². The van der Waals surface area contributed by atoms with Crippen LogP contribution in [0, 0.1) is 17.8 Å². The van der Waals surface area contributed by atoms with Gasteiger partial charge in [-0.3, -0.25) is 0 Å². The van der Waals surface area contributed by atoms with Crippen LogP contribution in [0.2, 0.25) is 0 Å². The zero-order valence-corrected chi connectivity index (χ0v) is 14.0. The van der Waals surface area contributed by atoms with Gasteiger partial charge < -0.3 is 5.32 Å². The first-order valence-electron chi connectivity index (χ1n) is 8.87. The van der Waals surface area contributed by atoms with Crippen molar-refractivity contribution in [1.82, 2.24) is 0 Å². The van der Waals surface area contributed by atoms with E-state index in [9.17, 15) is 0 Å². The van der Waals surface area contributed by atoms with Crippen molar-refractivity contribution >= 4 is 5.69 Å². The SMILES string of the molecule is CC1=C(C2CC3c4ccccc4NC3CC2C)C(C)CC=C1. The molecule has 0 bridgehead atoms. The molecule has 1 fully saturated rings. The lowest BCUT2D eigenvalue weighted by Crippen LogP contribution is -2.36. The molecule has 1 aliphatic heterocycles. The quantitative estimate of drug-likeness (QED) is 0.718. The molecule has 1 heteroatoms. The number of anilines is 1. The molecule has 4 rings (SSSR count). The van der Waals surface area contributed by atoms with Crippen LogP contribution in [0.1, 0.15) is 51.5 Å². The van der Waals surface area contributed by atoms with E-state index in [-0.39, 0.29) is 0 Å². The standard InChI is InChI=1S/C21H27N/c1-13-7-6-8-14(2)21(13)17-12-18-16-9-4-5-10-19(16)22-20(18)11-15(17)3/h4-7,9-10,14-15,17-18,20,22H,8,11-12H2,1-3H3. The maximum Gasteiger partial charge on any atom is 0.0378 e. The number of allylic oxidation sites excluding steroid dienone is 4. The average molecular weight is 293 g/mol. The molecule has 1 aromatic carbocycles. The van der Waals surface area contributed by atoms with Crippen molar-refractivity contribution in [2.45, 2.75) is 52.0 Å². The molecule has 3 aliphatic rings. The van der Waals surface area contributed by atoms with Gasteiger partial charge in [0.2, 0.25) is 0 Å². The molecule has 1 nitrogen and oxygen atoms in total. The Hall–Kier alpha value is -1.50. The van der Waals surface area contributed by atoms with Crippen LogP contribution in [-0.2, 0) is 0 Å². The summed E-state index contributed by atoms with van der Waals surface area (Å²) >= 11 is 0. The first-order valence-corrected chi connectivity index (χ1v) is 8.87. The second-order valence-electron chi connectivity index (χ2n) is 7.68. The molecule has 5 atom stereocenters. The lowest BCUT2D eigenvalue weighted by Gasteiger charge is -2.41. The van der Waals surface area contributed by atoms with Gasteiger partial charge in [-0.25, -0.2) is 0 Å². The molecule has 116 valence electrons. The van der Waals surface area contributed by atoms with Gasteiger partial charge in [-0.2, -0.15) is 0 Å². The molecule has 1 heterocycles. The fraction of sp³-hybridized carbons (Fsp3) is 0.524. The Morgan fingerprint density at radius 1 is 1.05 bits per heavy atom. The number of nitrogens with one attached hydrogen (secondary N) is 1. The molecule has 5 unspecified atom stereocenters. The summed E-state index contributed by atoms with van der Waals surface area (Å²) in [5.74, 6) is 2.96. The van der Waals surface area contributed by atoms with Crippen molar-refractivity contribution in [2.24, 2.45) is 17.8 Å². The van der Waals surface area contributed by atoms with Gasteiger partial charge in [-0.05, 0) is 55.6 Å². The number of para-hydroxylation sites is 1. The molecule has 1 N–H and O–H groups in total. The molecule has 1 saturated carbocycles. The van der Waals surface area contributed by atoms with Crippen LogP contribution < -0.4 is 5.32 Å². The van der Waals surface area contributed by atoms with Crippen LogP contribution in [0.3, 0.4) is 0 Å². The molecule has 0 amide bonds. The number of hydrogen-bond acceptors (Lipinski definition) is 1. The second kappa shape index (κ2) is 5.30. The van der Waals surface area contributed by atoms with Gasteiger partial charge in [0.1, 0.15) is 0 Å². The fourth-order valence-electron chi connectivity index (χ4n) is 5.21. The summed E-state index contributed by atoms with van der Waals surface area (Å²) in [6, 6.07) is 9.60. The second-order valence-corrected chi connectivity index (χ2v) is 7.68. The van der Waals surface area contributed by atoms with Gasteiger partial charge in [-0.1, -0.05) is 55.3 Å². The number of hydrogen-bond donors (Lipinski definition) is 1. The molecule has 0 radical (unpaired) electrons. The van der Waals surface area contributed by atoms with E-state index in [1.165, 1.54) is 30.5 Å². The van der Waals surface area contributed by atoms with Gasteiger partial charge in [0, 0.05) is 17.6 Å². The smallest absolute Gasteiger partial charge is 0.0378 e. The van der Waals surface area contributed by atoms with Crippen molar-refractivity contribution in [3.63, 3.8) is 0 Å². The van der Waals surface area contributed by atoms with E-state index >= 15 is 0 Å². The zero-order valence-electron chi connectivity index (χ0n) is 14.0. The number of rotatable bonds is 1. The Balaban J connectivity index is 1.68. The highest BCUT2D eigenvalue weighted by atomic mass is 15.0. The molecule has 0 spiro atoms. The summed E-state index contributed by atoms with van der Waals surface area (Å²) < 4.78 is 0. The van der Waals surface area contributed by atoms with Crippen molar-refractivity contribution in [3.05, 3.63) is 53.1 Å². The third-order valence-electron chi connectivity index (χ3n) is 6.25. The highest BCUT2D eigenvalue weighted by Crippen LogP contribution is 2.51. The normalized spacial score (nSPS) is 36.8. The highest BCUT2D eigenvalue weighted by Gasteiger charge is 2.42. The summed E-state index contributed by atoms with van der Waals surface area (Å²) in [6.45, 7) is 7.21. The summed E-state index contributed by atoms with van der Waals surface area (Å²) in [4.78, 5) is 0. The van der Waals surface area contributed by atoms with E-state index in [4.69, 9.17) is 0 Å². The summed E-state index contributed by atoms with van der Waals surface area (Å²) in [7, 11) is 0. The summed E-state index contributed by atoms with van der Waals surface area (Å²) in [6.07, 6.45) is 8.55. The largest absolute Gasteiger partial charge is 0.381 e. The summed E-state index contributed by atoms with van der Waals surface area (Å²) in [5.41, 5.74) is 6.22. The zero-order chi connectivity index (χ0) is 15.3. The molecular formula is C21H27N. The van der Waals surface area contributed by atoms with E-state index in [2.05, 4.69) is 62.5 Å². The lowest BCUT2D eigenvalue weighted by atomic mass is 9.65. The highest BCUT2D eigenvalue weighted by molar-refractivity contribution is 5.59. The van der Waals surface area contributed by atoms with Crippen molar-refractivity contribution in [2.75, 3.05) is 5.32 Å². The Kier molecular flexibility index (Phi) is 3.40. The molecule has 0 saturated heterocycles. The average Bonchev–Trinajstić information content (AvgIpc) is 2.84. The van der Waals surface area contributed by atoms with Crippen LogP contribution >= 0.6 is 0 Å². The van der Waals surface area contributed by atoms with E-state index in [0.717, 1.165) is 17.8 Å². The topological polar surface area (TPSA) is 12.0 Å². The van der Waals surface area contributed by atoms with Crippen molar-refractivity contribution in [1.29, 1.82) is 0 Å². The van der Waals surface area contributed by atoms with Crippen LogP contribution in [0.25, 0.3) is 0 Å². The van der Waals surface area contributed by atoms with E-state index in [0.29, 0.717) is 12.0 Å². The van der Waals surface area contributed by atoms with Crippen molar-refractivity contribution in [3.8, 4) is 0 Å². The number of fused-ring (bicyclic) bond motifs is 3. The third-order valence-corrected chi connectivity index (χ3v) is 6.25. The van der Waals surface area contributed by atoms with E-state index < -0.39 is 0 Å². The minimum atomic E-state index is 0.652. The predicted octanol–water partition coefficient (Wildman–Crippen LogP) is 5.52. The van der Waals surface area contributed by atoms with Crippen LogP contribution in [0.5, 0.6) is 0 Å². The van der Waals surface area contributed by atoms with Crippen LogP contribution in [0.4, 0.5) is 5.69 Å². The Labute approximate surface area is 134 Å². The Morgan fingerprint density at radius 3 is 2.68 bits per heavy atom. The van der Waals surface area contributed by atoms with Gasteiger partial charge in [0.25, 0.3) is 0 Å². The predicted molar refractivity (Wildman–Crippen MR) is 94.1 cm³/mol. The summed E-state index contributed by atoms with van der Waals surface area (Å²) in [5, 5.41) is 3.78. The molecule has 2 aliphatic carbocycles. The van der Waals surface area contributed by atoms with E-state index in [1.54, 1.807) is 11.1 Å². The fourth-order valence-corrected chi connectivity index (χ4v) is 5.21. The molecule has 0 aromatic heterocycles. The van der Waals surface area contributed by atoms with Gasteiger partial charge in [0.15, 0.2) is 0 Å². The Bertz CT molecular complexity index is 639. The molecular weight excluding hydrogens is 266 g/mol. The van der Waals surface area contributed by atoms with Crippen LogP contribution in [0.15, 0.2) is 47.6 Å². The van der Waals surface area contributed by atoms with E-state index in [1.807, 2.05) is 0 Å². The maximum atomic E-state index is 3.78. The van der Waals surface area contributed by atoms with Crippen LogP contribution in [-0.4, -0.2) is 6.04 Å². The molecule has 1 aromatic rings. The third kappa shape index (κ3) is 2.14. The maximum absolute atomic E-state index is 3.78. The first kappa shape index (κ1) is 14.1. The molecule has 22 heavy (non-hydrogen) atoms. The lowest BCUT2D eigenvalue weighted by molar-refractivity contribution is 0.240. The van der Waals surface area contributed by atoms with Crippen molar-refractivity contribution < 1.29 is 0 Å². The monoisotopic (exact) mass is 293 g/mol. The minimum Gasteiger partial charge on any atom is -0.381 e. The number of benzene rings is 1. The van der Waals surface area contributed by atoms with Gasteiger partial charge in [-0.15, -0.1) is 0 Å². The minimum absolute atomic E-state index is 0.652. The first-order chi connectivity index (χ1) is 10.6. The van der Waals surface area contributed by atoms with Gasteiger partial charge in [0.05, 0.1) is 0 Å². The Morgan fingerprint density at radius 2 is 1.86 bits per heavy atom.